The molecule has 5 N–H and O–H groups in total. The van der Waals surface area contributed by atoms with Crippen LogP contribution in [0.15, 0.2) is 47.5 Å². The molecule has 2 aliphatic rings. The molecule has 2 fully saturated rings. The van der Waals surface area contributed by atoms with Gasteiger partial charge in [-0.15, -0.1) is 0 Å². The molecule has 7 rings (SSSR count). The third-order valence-corrected chi connectivity index (χ3v) is 8.75. The number of carboxylic acids is 1. The number of H-pyrrole nitrogens is 1. The topological polar surface area (TPSA) is 129 Å². The number of carboxylic acid groups (broad SMARTS) is 1. The van der Waals surface area contributed by atoms with Crippen LogP contribution in [0.2, 0.25) is 5.02 Å². The Morgan fingerprint density at radius 1 is 1.31 bits per heavy atom. The van der Waals surface area contributed by atoms with Crippen LogP contribution in [0.25, 0.3) is 38.6 Å². The Balaban J connectivity index is 1.55. The van der Waals surface area contributed by atoms with Crippen molar-refractivity contribution in [3.05, 3.63) is 69.5 Å². The number of fused-ring (bicyclic) bond motifs is 4. The van der Waals surface area contributed by atoms with Crippen molar-refractivity contribution in [1.82, 2.24) is 14.4 Å². The maximum absolute atomic E-state index is 15.0. The number of hydrogen-bond donors (Lipinski definition) is 4. The number of aromatic carboxylic acids is 1. The van der Waals surface area contributed by atoms with Crippen LogP contribution in [-0.2, 0) is 0 Å². The fourth-order valence-electron chi connectivity index (χ4n) is 6.13. The van der Waals surface area contributed by atoms with Crippen molar-refractivity contribution in [1.29, 1.82) is 0 Å². The smallest absolute Gasteiger partial charge is 0.341 e. The highest BCUT2D eigenvalue weighted by atomic mass is 35.5. The summed E-state index contributed by atoms with van der Waals surface area (Å²) >= 11 is 6.60. The molecule has 1 aliphatic heterocycles. The maximum Gasteiger partial charge on any atom is 0.341 e. The average molecular weight is 547 g/mol. The van der Waals surface area contributed by atoms with Gasteiger partial charge in [0.25, 0.3) is 5.56 Å². The van der Waals surface area contributed by atoms with Gasteiger partial charge in [-0.2, -0.15) is 0 Å². The number of nitrogens with two attached hydrogens (primary N) is 1. The zero-order valence-electron chi connectivity index (χ0n) is 20.9. The first-order chi connectivity index (χ1) is 18.7. The van der Waals surface area contributed by atoms with E-state index >= 15 is 4.39 Å². The minimum Gasteiger partial charge on any atom is -0.477 e. The second-order valence-corrected chi connectivity index (χ2v) is 10.9. The molecule has 0 radical (unpaired) electrons. The fraction of sp³-hybridized carbons (Fsp3) is 0.250. The van der Waals surface area contributed by atoms with Gasteiger partial charge in [-0.1, -0.05) is 17.7 Å². The fourth-order valence-corrected chi connectivity index (χ4v) is 6.37. The van der Waals surface area contributed by atoms with Crippen LogP contribution in [0.4, 0.5) is 15.8 Å². The van der Waals surface area contributed by atoms with E-state index in [4.69, 9.17) is 22.3 Å². The number of halogens is 2. The van der Waals surface area contributed by atoms with E-state index in [0.717, 1.165) is 37.2 Å². The molecule has 0 bridgehead atoms. The molecule has 2 atom stereocenters. The van der Waals surface area contributed by atoms with Crippen LogP contribution >= 0.6 is 11.6 Å². The maximum atomic E-state index is 15.0. The third kappa shape index (κ3) is 3.38. The van der Waals surface area contributed by atoms with Gasteiger partial charge >= 0.3 is 5.97 Å². The summed E-state index contributed by atoms with van der Waals surface area (Å²) in [5.41, 5.74) is 9.93. The van der Waals surface area contributed by atoms with Crippen molar-refractivity contribution in [3.8, 4) is 11.1 Å². The summed E-state index contributed by atoms with van der Waals surface area (Å²) in [5.74, 6) is -1.84. The molecule has 1 saturated carbocycles. The van der Waals surface area contributed by atoms with Crippen molar-refractivity contribution in [2.45, 2.75) is 18.9 Å². The van der Waals surface area contributed by atoms with Crippen LogP contribution in [0.5, 0.6) is 0 Å². The first kappa shape index (κ1) is 23.9. The lowest BCUT2D eigenvalue weighted by molar-refractivity contribution is 0.0694. The number of nitrogens with zero attached hydrogens (tertiary/aromatic N) is 3. The van der Waals surface area contributed by atoms with E-state index in [2.05, 4.69) is 15.2 Å². The van der Waals surface area contributed by atoms with E-state index < -0.39 is 17.3 Å². The summed E-state index contributed by atoms with van der Waals surface area (Å²) in [4.78, 5) is 34.9. The van der Waals surface area contributed by atoms with Gasteiger partial charge in [0.1, 0.15) is 17.0 Å². The van der Waals surface area contributed by atoms with Crippen molar-refractivity contribution >= 4 is 56.4 Å². The highest BCUT2D eigenvalue weighted by molar-refractivity contribution is 6.39. The van der Waals surface area contributed by atoms with Gasteiger partial charge in [0.05, 0.1) is 27.3 Å². The van der Waals surface area contributed by atoms with Gasteiger partial charge in [-0.05, 0) is 31.0 Å². The Kier molecular flexibility index (Phi) is 5.02. The molecule has 2 unspecified atom stereocenters. The lowest BCUT2D eigenvalue weighted by Gasteiger charge is -2.24. The summed E-state index contributed by atoms with van der Waals surface area (Å²) < 4.78 is 16.3. The molecule has 198 valence electrons. The summed E-state index contributed by atoms with van der Waals surface area (Å²) in [6.07, 6.45) is 5.23. The average Bonchev–Trinajstić information content (AvgIpc) is 3.23. The van der Waals surface area contributed by atoms with Gasteiger partial charge in [0.15, 0.2) is 0 Å². The Morgan fingerprint density at radius 3 is 2.77 bits per heavy atom. The molecule has 4 aromatic heterocycles. The standard InChI is InChI=1S/C28H24ClFN6O3/c1-32-18-8-17(30)22(29)20-21-24(35-7-6-28(12-35)9-19(28)31)16(10-33-25(21)34-23(18)20)13-2-3-14-4-5-15(27(38)39)26(37)36(14)11-13/h2-5,8,10-11,19,32H,6-7,9,12,31H2,1H3,(H,33,34)(H,38,39). The van der Waals surface area contributed by atoms with Crippen molar-refractivity contribution in [2.24, 2.45) is 11.1 Å². The van der Waals surface area contributed by atoms with Gasteiger partial charge < -0.3 is 26.0 Å². The van der Waals surface area contributed by atoms with Crippen LogP contribution < -0.4 is 21.5 Å². The van der Waals surface area contributed by atoms with Crippen LogP contribution in [0, 0.1) is 11.2 Å². The van der Waals surface area contributed by atoms with Gasteiger partial charge in [0.2, 0.25) is 0 Å². The molecule has 9 nitrogen and oxygen atoms in total. The second-order valence-electron chi connectivity index (χ2n) is 10.5. The normalized spacial score (nSPS) is 20.5. The quantitative estimate of drug-likeness (QED) is 0.262. The number of pyridine rings is 3. The first-order valence-electron chi connectivity index (χ1n) is 12.6. The zero-order valence-corrected chi connectivity index (χ0v) is 21.6. The molecule has 0 amide bonds. The monoisotopic (exact) mass is 546 g/mol. The number of rotatable bonds is 4. The highest BCUT2D eigenvalue weighted by Gasteiger charge is 2.55. The molecule has 11 heteroatoms. The molecule has 39 heavy (non-hydrogen) atoms. The van der Waals surface area contributed by atoms with Crippen LogP contribution in [-0.4, -0.2) is 51.6 Å². The lowest BCUT2D eigenvalue weighted by Crippen LogP contribution is -2.24. The Labute approximate surface area is 226 Å². The number of carbonyl (C=O) groups is 1. The summed E-state index contributed by atoms with van der Waals surface area (Å²) in [5, 5.41) is 13.7. The van der Waals surface area contributed by atoms with E-state index in [0.29, 0.717) is 38.7 Å². The van der Waals surface area contributed by atoms with E-state index in [1.807, 2.05) is 6.07 Å². The minimum atomic E-state index is -1.29. The summed E-state index contributed by atoms with van der Waals surface area (Å²) in [6.45, 7) is 1.48. The molecular weight excluding hydrogens is 523 g/mol. The SMILES string of the molecule is CNc1cc(F)c(Cl)c2c1[nH]c1ncc(-c3ccc4ccc(C(=O)O)c(=O)n4c3)c(N3CCC4(CC4N)C3)c12. The van der Waals surface area contributed by atoms with Crippen LogP contribution in [0.3, 0.4) is 0 Å². The lowest BCUT2D eigenvalue weighted by atomic mass is 10.0. The van der Waals surface area contributed by atoms with Gasteiger partial charge in [-0.25, -0.2) is 14.2 Å². The zero-order chi connectivity index (χ0) is 27.2. The predicted octanol–water partition coefficient (Wildman–Crippen LogP) is 4.46. The number of nitrogens with one attached hydrogen (secondary N) is 2. The molecule has 1 aromatic carbocycles. The number of hydrogen-bond acceptors (Lipinski definition) is 6. The van der Waals surface area contributed by atoms with E-state index in [-0.39, 0.29) is 22.0 Å². The summed E-state index contributed by atoms with van der Waals surface area (Å²) in [6, 6.07) is 8.02. The van der Waals surface area contributed by atoms with Crippen molar-refractivity contribution in [2.75, 3.05) is 30.4 Å². The highest BCUT2D eigenvalue weighted by Crippen LogP contribution is 2.54. The minimum absolute atomic E-state index is 0.00619. The number of anilines is 2. The number of benzene rings is 1. The number of aromatic amines is 1. The Morgan fingerprint density at radius 2 is 2.08 bits per heavy atom. The number of aromatic nitrogens is 3. The molecule has 1 saturated heterocycles. The van der Waals surface area contributed by atoms with E-state index in [9.17, 15) is 14.7 Å². The molecule has 5 aromatic rings. The second kappa shape index (κ2) is 8.17. The largest absolute Gasteiger partial charge is 0.477 e. The van der Waals surface area contributed by atoms with Crippen molar-refractivity contribution in [3.63, 3.8) is 0 Å². The van der Waals surface area contributed by atoms with E-state index in [1.54, 1.807) is 31.6 Å². The third-order valence-electron chi connectivity index (χ3n) is 8.38. The van der Waals surface area contributed by atoms with Crippen molar-refractivity contribution < 1.29 is 14.3 Å². The molecule has 5 heterocycles. The first-order valence-corrected chi connectivity index (χ1v) is 13.0. The molecular formula is C28H24ClFN6O3. The Hall–Kier alpha value is -4.15. The molecule has 1 aliphatic carbocycles. The Bertz CT molecular complexity index is 1930. The molecule has 1 spiro atoms. The summed E-state index contributed by atoms with van der Waals surface area (Å²) in [7, 11) is 1.71. The van der Waals surface area contributed by atoms with Gasteiger partial charge in [0, 0.05) is 72.1 Å². The van der Waals surface area contributed by atoms with Gasteiger partial charge in [-0.3, -0.25) is 9.20 Å². The van der Waals surface area contributed by atoms with Crippen LogP contribution in [0.1, 0.15) is 23.2 Å². The predicted molar refractivity (Wildman–Crippen MR) is 150 cm³/mol. The van der Waals surface area contributed by atoms with E-state index in [1.165, 1.54) is 16.5 Å².